The van der Waals surface area contributed by atoms with Gasteiger partial charge in [-0.2, -0.15) is 0 Å². The summed E-state index contributed by atoms with van der Waals surface area (Å²) in [5, 5.41) is 15.4. The molecule has 0 saturated carbocycles. The summed E-state index contributed by atoms with van der Waals surface area (Å²) in [6, 6.07) is 0.0271. The first-order chi connectivity index (χ1) is 10.7. The van der Waals surface area contributed by atoms with Crippen molar-refractivity contribution in [1.29, 1.82) is 0 Å². The lowest BCUT2D eigenvalue weighted by Gasteiger charge is -2.12. The average molecular weight is 351 g/mol. The lowest BCUT2D eigenvalue weighted by atomic mass is 10.2. The third kappa shape index (κ3) is 3.38. The number of aryl methyl sites for hydroxylation is 1. The van der Waals surface area contributed by atoms with Crippen molar-refractivity contribution in [2.75, 3.05) is 5.32 Å². The van der Waals surface area contributed by atoms with Crippen molar-refractivity contribution in [3.8, 4) is 5.95 Å². The third-order valence-electron chi connectivity index (χ3n) is 2.73. The van der Waals surface area contributed by atoms with Crippen molar-refractivity contribution in [3.05, 3.63) is 29.3 Å². The van der Waals surface area contributed by atoms with Gasteiger partial charge in [0.2, 0.25) is 5.91 Å². The zero-order valence-corrected chi connectivity index (χ0v) is 12.5. The van der Waals surface area contributed by atoms with Gasteiger partial charge in [0.15, 0.2) is 36.3 Å². The molecule has 0 aliphatic heterocycles. The lowest BCUT2D eigenvalue weighted by molar-refractivity contribution is -0.772. The number of aromatic nitrogens is 2. The van der Waals surface area contributed by atoms with Crippen LogP contribution in [0.3, 0.4) is 0 Å². The standard InChI is InChI=1S/C12H9F4N3O3S/c1-4(23-11-12(21)22-18-19(11)2)10(20)17-9-7(15)5(13)3-6(14)8(9)16/h3-4H,1-2H3,(H-,17,18,20,21). The maximum atomic E-state index is 13.5. The first-order valence-electron chi connectivity index (χ1n) is 6.05. The Bertz CT molecular complexity index is 723. The molecule has 6 nitrogen and oxygen atoms in total. The van der Waals surface area contributed by atoms with E-state index in [0.717, 1.165) is 4.68 Å². The van der Waals surface area contributed by atoms with Crippen LogP contribution in [0.5, 0.6) is 5.95 Å². The Morgan fingerprint density at radius 1 is 1.35 bits per heavy atom. The molecular formula is C12H9F4N3O3S. The molecule has 23 heavy (non-hydrogen) atoms. The highest BCUT2D eigenvalue weighted by Crippen LogP contribution is 2.28. The van der Waals surface area contributed by atoms with Crippen LogP contribution in [0.1, 0.15) is 6.92 Å². The summed E-state index contributed by atoms with van der Waals surface area (Å²) in [7, 11) is 1.39. The van der Waals surface area contributed by atoms with E-state index < -0.39 is 46.1 Å². The van der Waals surface area contributed by atoms with Crippen molar-refractivity contribution in [2.45, 2.75) is 17.2 Å². The van der Waals surface area contributed by atoms with Gasteiger partial charge in [-0.25, -0.2) is 17.6 Å². The smallest absolute Gasteiger partial charge is 0.291 e. The zero-order valence-electron chi connectivity index (χ0n) is 11.7. The Balaban J connectivity index is 2.19. The van der Waals surface area contributed by atoms with E-state index in [2.05, 4.69) is 9.79 Å². The van der Waals surface area contributed by atoms with Crippen molar-refractivity contribution in [2.24, 2.45) is 7.05 Å². The van der Waals surface area contributed by atoms with Crippen LogP contribution < -0.4 is 15.1 Å². The second kappa shape index (κ2) is 6.44. The van der Waals surface area contributed by atoms with Crippen LogP contribution in [0.15, 0.2) is 15.6 Å². The van der Waals surface area contributed by atoms with Gasteiger partial charge < -0.3 is 14.9 Å². The van der Waals surface area contributed by atoms with E-state index in [9.17, 15) is 27.5 Å². The number of carbonyl (C=O) groups excluding carboxylic acids is 1. The number of amides is 1. The van der Waals surface area contributed by atoms with Gasteiger partial charge in [0.1, 0.15) is 5.69 Å². The summed E-state index contributed by atoms with van der Waals surface area (Å²) < 4.78 is 58.6. The predicted octanol–water partition coefficient (Wildman–Crippen LogP) is 1.25. The van der Waals surface area contributed by atoms with Gasteiger partial charge in [-0.3, -0.25) is 4.79 Å². The highest BCUT2D eigenvalue weighted by Gasteiger charge is 2.26. The van der Waals surface area contributed by atoms with Gasteiger partial charge >= 0.3 is 0 Å². The van der Waals surface area contributed by atoms with Crippen LogP contribution in [0.4, 0.5) is 23.2 Å². The molecule has 1 amide bonds. The molecule has 0 bridgehead atoms. The minimum absolute atomic E-state index is 0.0271. The highest BCUT2D eigenvalue weighted by molar-refractivity contribution is 8.00. The maximum Gasteiger partial charge on any atom is 0.291 e. The number of rotatable bonds is 4. The molecule has 0 spiro atoms. The topological polar surface area (TPSA) is 82.1 Å². The molecule has 1 N–H and O–H groups in total. The number of carbonyl (C=O) groups is 1. The Labute approximate surface area is 131 Å². The second-order valence-corrected chi connectivity index (χ2v) is 5.71. The van der Waals surface area contributed by atoms with E-state index in [1.165, 1.54) is 14.0 Å². The molecule has 2 aromatic rings. The molecule has 2 rings (SSSR count). The Kier molecular flexibility index (Phi) is 4.78. The monoisotopic (exact) mass is 351 g/mol. The number of hydrogen-bond donors (Lipinski definition) is 1. The van der Waals surface area contributed by atoms with Crippen LogP contribution in [0.25, 0.3) is 0 Å². The molecule has 1 aromatic carbocycles. The number of hydrogen-bond acceptors (Lipinski definition) is 5. The Morgan fingerprint density at radius 2 is 1.91 bits per heavy atom. The zero-order chi connectivity index (χ0) is 17.3. The highest BCUT2D eigenvalue weighted by atomic mass is 32.2. The van der Waals surface area contributed by atoms with E-state index in [0.29, 0.717) is 11.8 Å². The average Bonchev–Trinajstić information content (AvgIpc) is 2.81. The van der Waals surface area contributed by atoms with Crippen LogP contribution >= 0.6 is 11.8 Å². The summed E-state index contributed by atoms with van der Waals surface area (Å²) in [5.74, 6) is -8.52. The van der Waals surface area contributed by atoms with Gasteiger partial charge in [0.05, 0.1) is 10.5 Å². The van der Waals surface area contributed by atoms with E-state index in [4.69, 9.17) is 0 Å². The summed E-state index contributed by atoms with van der Waals surface area (Å²) in [4.78, 5) is 11.9. The minimum atomic E-state index is -1.73. The van der Waals surface area contributed by atoms with E-state index in [1.54, 1.807) is 5.32 Å². The van der Waals surface area contributed by atoms with Crippen LogP contribution in [0, 0.1) is 23.3 Å². The van der Waals surface area contributed by atoms with Gasteiger partial charge in [0, 0.05) is 6.07 Å². The van der Waals surface area contributed by atoms with Gasteiger partial charge in [-0.1, -0.05) is 4.68 Å². The van der Waals surface area contributed by atoms with Gasteiger partial charge in [-0.15, -0.1) is 0 Å². The van der Waals surface area contributed by atoms with Crippen LogP contribution in [0.2, 0.25) is 0 Å². The first-order valence-corrected chi connectivity index (χ1v) is 6.93. The Hall–Kier alpha value is -2.30. The molecule has 1 unspecified atom stereocenters. The summed E-state index contributed by atoms with van der Waals surface area (Å²) in [6.45, 7) is 1.32. The molecule has 1 heterocycles. The van der Waals surface area contributed by atoms with Crippen molar-refractivity contribution in [1.82, 2.24) is 5.27 Å². The van der Waals surface area contributed by atoms with Gasteiger partial charge in [-0.05, 0) is 18.7 Å². The molecular weight excluding hydrogens is 342 g/mol. The summed E-state index contributed by atoms with van der Waals surface area (Å²) >= 11 is 0.701. The Morgan fingerprint density at radius 3 is 2.39 bits per heavy atom. The van der Waals surface area contributed by atoms with Crippen molar-refractivity contribution >= 4 is 23.4 Å². The summed E-state index contributed by atoms with van der Waals surface area (Å²) in [5.41, 5.74) is -1.24. The SMILES string of the molecule is CC(Sc1c([O-])on[n+]1C)C(=O)Nc1c(F)c(F)cc(F)c1F. The first kappa shape index (κ1) is 17.1. The maximum absolute atomic E-state index is 13.5. The molecule has 0 radical (unpaired) electrons. The molecule has 124 valence electrons. The normalized spacial score (nSPS) is 12.3. The largest absolute Gasteiger partial charge is 0.538 e. The molecule has 0 aliphatic rings. The molecule has 1 aromatic heterocycles. The second-order valence-electron chi connectivity index (χ2n) is 4.38. The van der Waals surface area contributed by atoms with Crippen molar-refractivity contribution in [3.63, 3.8) is 0 Å². The summed E-state index contributed by atoms with van der Waals surface area (Å²) in [6.07, 6.45) is 0. The minimum Gasteiger partial charge on any atom is -0.538 e. The molecule has 1 atom stereocenters. The number of benzene rings is 1. The van der Waals surface area contributed by atoms with Crippen LogP contribution in [-0.4, -0.2) is 16.4 Å². The third-order valence-corrected chi connectivity index (χ3v) is 3.95. The number of anilines is 1. The molecule has 0 fully saturated rings. The van der Waals surface area contributed by atoms with Gasteiger partial charge in [0.25, 0.3) is 5.03 Å². The quantitative estimate of drug-likeness (QED) is 0.388. The molecule has 0 saturated heterocycles. The van der Waals surface area contributed by atoms with Crippen LogP contribution in [-0.2, 0) is 11.8 Å². The fraction of sp³-hybridized carbons (Fsp3) is 0.250. The van der Waals surface area contributed by atoms with E-state index in [1.807, 2.05) is 0 Å². The number of nitrogens with one attached hydrogen (secondary N) is 1. The lowest BCUT2D eigenvalue weighted by Crippen LogP contribution is -2.34. The number of halogens is 4. The van der Waals surface area contributed by atoms with E-state index >= 15 is 0 Å². The van der Waals surface area contributed by atoms with E-state index in [-0.39, 0.29) is 11.1 Å². The predicted molar refractivity (Wildman–Crippen MR) is 67.3 cm³/mol. The number of nitrogens with zero attached hydrogens (tertiary/aromatic N) is 2. The fourth-order valence-corrected chi connectivity index (χ4v) is 2.38. The fourth-order valence-electron chi connectivity index (χ4n) is 1.56. The molecule has 11 heteroatoms. The number of thioether (sulfide) groups is 1. The van der Waals surface area contributed by atoms with Crippen molar-refractivity contribution < 1.29 is 36.7 Å². The molecule has 0 aliphatic carbocycles.